The molecular weight excluding hydrogens is 446 g/mol. The summed E-state index contributed by atoms with van der Waals surface area (Å²) in [5.41, 5.74) is 3.27. The average molecular weight is 467 g/mol. The molecule has 2 rings (SSSR count). The molecular formula is C20H21BrClN3O3. The lowest BCUT2D eigenvalue weighted by Gasteiger charge is -2.19. The topological polar surface area (TPSA) is 90.8 Å². The zero-order chi connectivity index (χ0) is 20.7. The molecule has 0 heterocycles. The van der Waals surface area contributed by atoms with Gasteiger partial charge in [0.25, 0.3) is 11.8 Å². The Labute approximate surface area is 177 Å². The molecule has 6 nitrogen and oxygen atoms in total. The van der Waals surface area contributed by atoms with Crippen molar-refractivity contribution >= 4 is 45.6 Å². The number of hydrogen-bond donors (Lipinski definition) is 3. The van der Waals surface area contributed by atoms with E-state index in [-0.39, 0.29) is 17.6 Å². The summed E-state index contributed by atoms with van der Waals surface area (Å²) in [5, 5.41) is 16.9. The molecule has 0 fully saturated rings. The summed E-state index contributed by atoms with van der Waals surface area (Å²) >= 11 is 9.14. The Balaban J connectivity index is 2.05. The van der Waals surface area contributed by atoms with Crippen molar-refractivity contribution in [1.29, 1.82) is 0 Å². The number of phenolic OH excluding ortho intramolecular Hbond substituents is 1. The predicted octanol–water partition coefficient (Wildman–Crippen LogP) is 4.10. The van der Waals surface area contributed by atoms with Crippen molar-refractivity contribution in [3.63, 3.8) is 0 Å². The van der Waals surface area contributed by atoms with Gasteiger partial charge in [-0.2, -0.15) is 5.10 Å². The summed E-state index contributed by atoms with van der Waals surface area (Å²) in [6, 6.07) is 10.5. The third-order valence-corrected chi connectivity index (χ3v) is 4.55. The number of hydrogen-bond acceptors (Lipinski definition) is 4. The molecule has 2 amide bonds. The lowest BCUT2D eigenvalue weighted by molar-refractivity contribution is -0.123. The molecule has 0 radical (unpaired) electrons. The van der Waals surface area contributed by atoms with Crippen LogP contribution < -0.4 is 10.7 Å². The molecule has 1 atom stereocenters. The molecule has 2 aromatic carbocycles. The van der Waals surface area contributed by atoms with E-state index in [2.05, 4.69) is 31.8 Å². The van der Waals surface area contributed by atoms with Crippen molar-refractivity contribution in [1.82, 2.24) is 10.7 Å². The zero-order valence-electron chi connectivity index (χ0n) is 15.4. The molecule has 0 saturated carbocycles. The fourth-order valence-electron chi connectivity index (χ4n) is 2.42. The second-order valence-corrected chi connectivity index (χ2v) is 7.95. The first-order valence-electron chi connectivity index (χ1n) is 8.64. The number of hydrazone groups is 1. The van der Waals surface area contributed by atoms with Gasteiger partial charge in [0.1, 0.15) is 11.8 Å². The first-order chi connectivity index (χ1) is 13.3. The highest BCUT2D eigenvalue weighted by atomic mass is 79.9. The van der Waals surface area contributed by atoms with E-state index in [0.717, 1.165) is 4.47 Å². The van der Waals surface area contributed by atoms with Crippen LogP contribution in [0.1, 0.15) is 36.2 Å². The van der Waals surface area contributed by atoms with Gasteiger partial charge in [-0.05, 0) is 54.8 Å². The highest BCUT2D eigenvalue weighted by Gasteiger charge is 2.22. The summed E-state index contributed by atoms with van der Waals surface area (Å²) in [4.78, 5) is 24.9. The minimum absolute atomic E-state index is 0.0379. The molecule has 8 heteroatoms. The van der Waals surface area contributed by atoms with Crippen LogP contribution in [-0.2, 0) is 4.79 Å². The van der Waals surface area contributed by atoms with Gasteiger partial charge in [0.2, 0.25) is 0 Å². The van der Waals surface area contributed by atoms with E-state index in [9.17, 15) is 14.7 Å². The van der Waals surface area contributed by atoms with Gasteiger partial charge in [-0.25, -0.2) is 5.43 Å². The largest absolute Gasteiger partial charge is 0.507 e. The second kappa shape index (κ2) is 10.2. The Kier molecular flexibility index (Phi) is 8.02. The third kappa shape index (κ3) is 6.65. The summed E-state index contributed by atoms with van der Waals surface area (Å²) in [6.07, 6.45) is 1.79. The fourth-order valence-corrected chi connectivity index (χ4v) is 2.92. The Morgan fingerprint density at radius 1 is 1.21 bits per heavy atom. The number of nitrogens with zero attached hydrogens (tertiary/aromatic N) is 1. The van der Waals surface area contributed by atoms with Crippen LogP contribution in [-0.4, -0.2) is 29.2 Å². The number of carbonyl (C=O) groups is 2. The molecule has 2 aromatic rings. The monoisotopic (exact) mass is 465 g/mol. The van der Waals surface area contributed by atoms with Gasteiger partial charge in [0, 0.05) is 20.6 Å². The van der Waals surface area contributed by atoms with E-state index < -0.39 is 11.9 Å². The first kappa shape index (κ1) is 21.9. The molecule has 1 unspecified atom stereocenters. The minimum atomic E-state index is -0.753. The number of benzene rings is 2. The van der Waals surface area contributed by atoms with Crippen LogP contribution in [0.5, 0.6) is 5.75 Å². The molecule has 3 N–H and O–H groups in total. The molecule has 0 saturated heterocycles. The van der Waals surface area contributed by atoms with E-state index in [1.165, 1.54) is 12.3 Å². The number of carbonyl (C=O) groups excluding carboxylic acids is 2. The molecule has 0 aliphatic carbocycles. The van der Waals surface area contributed by atoms with Crippen LogP contribution >= 0.6 is 27.5 Å². The quantitative estimate of drug-likeness (QED) is 0.424. The van der Waals surface area contributed by atoms with Crippen molar-refractivity contribution < 1.29 is 14.7 Å². The lowest BCUT2D eigenvalue weighted by Crippen LogP contribution is -2.46. The molecule has 28 heavy (non-hydrogen) atoms. The maximum Gasteiger partial charge on any atom is 0.262 e. The molecule has 0 aromatic heterocycles. The van der Waals surface area contributed by atoms with E-state index >= 15 is 0 Å². The highest BCUT2D eigenvalue weighted by Crippen LogP contribution is 2.20. The van der Waals surface area contributed by atoms with E-state index in [4.69, 9.17) is 11.6 Å². The maximum absolute atomic E-state index is 12.5. The van der Waals surface area contributed by atoms with Crippen LogP contribution in [0, 0.1) is 5.92 Å². The van der Waals surface area contributed by atoms with Crippen LogP contribution in [0.3, 0.4) is 0 Å². The minimum Gasteiger partial charge on any atom is -0.507 e. The summed E-state index contributed by atoms with van der Waals surface area (Å²) < 4.78 is 0.769. The number of amides is 2. The SMILES string of the molecule is CC(C)CC(NC(=O)c1ccc(Cl)cc1)C(=O)NN=Cc1cc(Br)ccc1O. The number of nitrogens with one attached hydrogen (secondary N) is 2. The number of phenols is 1. The van der Waals surface area contributed by atoms with Gasteiger partial charge < -0.3 is 10.4 Å². The Bertz CT molecular complexity index is 869. The number of rotatable bonds is 7. The van der Waals surface area contributed by atoms with Gasteiger partial charge in [-0.3, -0.25) is 9.59 Å². The average Bonchev–Trinajstić information content (AvgIpc) is 2.64. The van der Waals surface area contributed by atoms with Gasteiger partial charge in [-0.1, -0.05) is 41.4 Å². The van der Waals surface area contributed by atoms with E-state index in [1.807, 2.05) is 13.8 Å². The van der Waals surface area contributed by atoms with Crippen LogP contribution in [0.2, 0.25) is 5.02 Å². The normalized spacial score (nSPS) is 12.2. The number of aromatic hydroxyl groups is 1. The number of halogens is 2. The van der Waals surface area contributed by atoms with Crippen LogP contribution in [0.15, 0.2) is 52.0 Å². The summed E-state index contributed by atoms with van der Waals surface area (Å²) in [6.45, 7) is 3.91. The Hall–Kier alpha value is -2.38. The summed E-state index contributed by atoms with van der Waals surface area (Å²) in [7, 11) is 0. The summed E-state index contributed by atoms with van der Waals surface area (Å²) in [5.74, 6) is -0.594. The van der Waals surface area contributed by atoms with Crippen molar-refractivity contribution in [2.45, 2.75) is 26.3 Å². The van der Waals surface area contributed by atoms with Crippen molar-refractivity contribution in [2.75, 3.05) is 0 Å². The Morgan fingerprint density at radius 2 is 1.89 bits per heavy atom. The Morgan fingerprint density at radius 3 is 2.54 bits per heavy atom. The molecule has 0 spiro atoms. The van der Waals surface area contributed by atoms with E-state index in [1.54, 1.807) is 36.4 Å². The van der Waals surface area contributed by atoms with Gasteiger partial charge in [0.05, 0.1) is 6.21 Å². The van der Waals surface area contributed by atoms with Crippen molar-refractivity contribution in [2.24, 2.45) is 11.0 Å². The van der Waals surface area contributed by atoms with Gasteiger partial charge in [0.15, 0.2) is 0 Å². The standard InChI is InChI=1S/C20H21BrClN3O3/c1-12(2)9-17(24-19(27)13-3-6-16(22)7-4-13)20(28)25-23-11-14-10-15(21)5-8-18(14)26/h3-8,10-12,17,26H,9H2,1-2H3,(H,24,27)(H,25,28). The molecule has 0 aliphatic heterocycles. The second-order valence-electron chi connectivity index (χ2n) is 6.60. The van der Waals surface area contributed by atoms with Gasteiger partial charge >= 0.3 is 0 Å². The maximum atomic E-state index is 12.5. The smallest absolute Gasteiger partial charge is 0.262 e. The highest BCUT2D eigenvalue weighted by molar-refractivity contribution is 9.10. The zero-order valence-corrected chi connectivity index (χ0v) is 17.8. The molecule has 148 valence electrons. The van der Waals surface area contributed by atoms with Crippen LogP contribution in [0.25, 0.3) is 0 Å². The van der Waals surface area contributed by atoms with Crippen molar-refractivity contribution in [3.8, 4) is 5.75 Å². The first-order valence-corrected chi connectivity index (χ1v) is 9.81. The molecule has 0 aliphatic rings. The van der Waals surface area contributed by atoms with Crippen molar-refractivity contribution in [3.05, 3.63) is 63.1 Å². The van der Waals surface area contributed by atoms with Gasteiger partial charge in [-0.15, -0.1) is 0 Å². The molecule has 0 bridgehead atoms. The fraction of sp³-hybridized carbons (Fsp3) is 0.250. The predicted molar refractivity (Wildman–Crippen MR) is 114 cm³/mol. The third-order valence-electron chi connectivity index (χ3n) is 3.80. The van der Waals surface area contributed by atoms with Crippen LogP contribution in [0.4, 0.5) is 0 Å². The van der Waals surface area contributed by atoms with E-state index in [0.29, 0.717) is 22.6 Å². The lowest BCUT2D eigenvalue weighted by atomic mass is 10.0.